The highest BCUT2D eigenvalue weighted by molar-refractivity contribution is 14.1. The third-order valence-corrected chi connectivity index (χ3v) is 7.81. The topological polar surface area (TPSA) is 92.4 Å². The first-order valence-electron chi connectivity index (χ1n) is 11.4. The molecule has 0 spiro atoms. The second kappa shape index (κ2) is 11.9. The molecule has 0 saturated heterocycles. The van der Waals surface area contributed by atoms with Crippen molar-refractivity contribution in [1.29, 1.82) is 0 Å². The van der Waals surface area contributed by atoms with Crippen LogP contribution in [0, 0.1) is 7.14 Å². The molecule has 10 heteroatoms. The molecule has 2 N–H and O–H groups in total. The van der Waals surface area contributed by atoms with Crippen LogP contribution in [0.25, 0.3) is 17.1 Å². The number of nitrogens with zero attached hydrogens (tertiary/aromatic N) is 4. The van der Waals surface area contributed by atoms with E-state index >= 15 is 0 Å². The zero-order valence-corrected chi connectivity index (χ0v) is 25.6. The number of hydrazone groups is 1. The monoisotopic (exact) mass is 737 g/mol. The van der Waals surface area contributed by atoms with Crippen LogP contribution in [0.15, 0.2) is 77.0 Å². The summed E-state index contributed by atoms with van der Waals surface area (Å²) in [5, 5.41) is 23.7. The molecule has 37 heavy (non-hydrogen) atoms. The summed E-state index contributed by atoms with van der Waals surface area (Å²) in [6.45, 7) is 6.55. The summed E-state index contributed by atoms with van der Waals surface area (Å²) < 4.78 is 3.64. The minimum absolute atomic E-state index is 0.0542. The van der Waals surface area contributed by atoms with Crippen LogP contribution in [0.2, 0.25) is 0 Å². The summed E-state index contributed by atoms with van der Waals surface area (Å²) in [5.74, 6) is 0.643. The van der Waals surface area contributed by atoms with Gasteiger partial charge in [-0.15, -0.1) is 10.2 Å². The van der Waals surface area contributed by atoms with Gasteiger partial charge in [0.1, 0.15) is 5.75 Å². The Morgan fingerprint density at radius 3 is 2.46 bits per heavy atom. The van der Waals surface area contributed by atoms with Gasteiger partial charge in [-0.3, -0.25) is 9.36 Å². The van der Waals surface area contributed by atoms with Crippen molar-refractivity contribution < 1.29 is 9.90 Å². The molecule has 0 radical (unpaired) electrons. The van der Waals surface area contributed by atoms with E-state index in [0.717, 1.165) is 18.4 Å². The van der Waals surface area contributed by atoms with E-state index in [4.69, 9.17) is 0 Å². The zero-order chi connectivity index (χ0) is 26.6. The number of hydrogen-bond donors (Lipinski definition) is 2. The maximum absolute atomic E-state index is 12.5. The van der Waals surface area contributed by atoms with E-state index in [1.165, 1.54) is 23.5 Å². The van der Waals surface area contributed by atoms with Crippen LogP contribution in [0.1, 0.15) is 31.9 Å². The molecule has 0 fully saturated rings. The molecule has 1 amide bonds. The van der Waals surface area contributed by atoms with Gasteiger partial charge in [0, 0.05) is 20.4 Å². The van der Waals surface area contributed by atoms with E-state index < -0.39 is 0 Å². The second-order valence-electron chi connectivity index (χ2n) is 9.21. The number of benzene rings is 3. The molecule has 0 unspecified atom stereocenters. The minimum Gasteiger partial charge on any atom is -0.506 e. The fourth-order valence-corrected chi connectivity index (χ4v) is 6.13. The molecule has 0 bridgehead atoms. The van der Waals surface area contributed by atoms with Crippen LogP contribution < -0.4 is 5.43 Å². The van der Waals surface area contributed by atoms with Crippen molar-refractivity contribution in [1.82, 2.24) is 20.2 Å². The highest BCUT2D eigenvalue weighted by atomic mass is 127. The molecule has 4 rings (SSSR count). The van der Waals surface area contributed by atoms with Gasteiger partial charge in [0.25, 0.3) is 5.91 Å². The van der Waals surface area contributed by atoms with Crippen LogP contribution >= 0.6 is 56.9 Å². The predicted octanol–water partition coefficient (Wildman–Crippen LogP) is 6.39. The molecule has 0 atom stereocenters. The Hall–Kier alpha value is -2.45. The smallest absolute Gasteiger partial charge is 0.250 e. The lowest BCUT2D eigenvalue weighted by Gasteiger charge is -2.19. The van der Waals surface area contributed by atoms with Crippen LogP contribution in [0.3, 0.4) is 0 Å². The van der Waals surface area contributed by atoms with Gasteiger partial charge in [-0.1, -0.05) is 75.0 Å². The molecule has 3 aromatic carbocycles. The average molecular weight is 737 g/mol. The van der Waals surface area contributed by atoms with E-state index in [1.54, 1.807) is 6.07 Å². The van der Waals surface area contributed by atoms with Crippen molar-refractivity contribution >= 4 is 69.1 Å². The van der Waals surface area contributed by atoms with E-state index in [-0.39, 0.29) is 22.8 Å². The Morgan fingerprint density at radius 1 is 1.08 bits per heavy atom. The molecular weight excluding hydrogens is 712 g/mol. The van der Waals surface area contributed by atoms with E-state index in [0.29, 0.717) is 16.5 Å². The van der Waals surface area contributed by atoms with E-state index in [9.17, 15) is 9.90 Å². The number of phenolic OH excluding ortho intramolecular Hbond substituents is 1. The molecular formula is C27H25I2N5O2S. The lowest BCUT2D eigenvalue weighted by molar-refractivity contribution is -0.118. The number of halogens is 2. The fourth-order valence-electron chi connectivity index (χ4n) is 3.50. The summed E-state index contributed by atoms with van der Waals surface area (Å²) in [6.07, 6.45) is 1.44. The Bertz CT molecular complexity index is 1430. The first-order chi connectivity index (χ1) is 17.6. The number of carbonyl (C=O) groups is 1. The standard InChI is InChI=1S/C27H25I2N5O2S/c1-27(2,3)19-11-9-17(10-12-19)25-32-33-26(34(25)21-7-5-4-6-8-21)37-16-23(35)31-30-15-18-13-20(28)14-22(29)24(18)36/h4-15,36H,16H2,1-3H3,(H,31,35)/b30-15+. The summed E-state index contributed by atoms with van der Waals surface area (Å²) in [5.41, 5.74) is 6.20. The largest absolute Gasteiger partial charge is 0.506 e. The minimum atomic E-state index is -0.292. The van der Waals surface area contributed by atoms with Crippen LogP contribution in [0.5, 0.6) is 5.75 Å². The number of hydrogen-bond acceptors (Lipinski definition) is 6. The number of aromatic nitrogens is 3. The predicted molar refractivity (Wildman–Crippen MR) is 165 cm³/mol. The second-order valence-corrected chi connectivity index (χ2v) is 12.6. The lowest BCUT2D eigenvalue weighted by Crippen LogP contribution is -2.20. The number of para-hydroxylation sites is 1. The first-order valence-corrected chi connectivity index (χ1v) is 14.5. The summed E-state index contributed by atoms with van der Waals surface area (Å²) in [6, 6.07) is 21.8. The quantitative estimate of drug-likeness (QED) is 0.0994. The van der Waals surface area contributed by atoms with E-state index in [2.05, 4.69) is 111 Å². The van der Waals surface area contributed by atoms with Gasteiger partial charge in [0.05, 0.1) is 15.5 Å². The van der Waals surface area contributed by atoms with E-state index in [1.807, 2.05) is 41.0 Å². The van der Waals surface area contributed by atoms with Gasteiger partial charge in [-0.05, 0) is 80.4 Å². The van der Waals surface area contributed by atoms with Gasteiger partial charge in [-0.2, -0.15) is 5.10 Å². The van der Waals surface area contributed by atoms with Gasteiger partial charge in [-0.25, -0.2) is 5.43 Å². The summed E-state index contributed by atoms with van der Waals surface area (Å²) in [4.78, 5) is 12.5. The third-order valence-electron chi connectivity index (χ3n) is 5.44. The van der Waals surface area contributed by atoms with Crippen LogP contribution in [0.4, 0.5) is 0 Å². The number of thioether (sulfide) groups is 1. The Balaban J connectivity index is 1.52. The summed E-state index contributed by atoms with van der Waals surface area (Å²) in [7, 11) is 0. The molecule has 0 saturated carbocycles. The highest BCUT2D eigenvalue weighted by Gasteiger charge is 2.19. The number of aromatic hydroxyl groups is 1. The number of amides is 1. The molecule has 4 aromatic rings. The fraction of sp³-hybridized carbons (Fsp3) is 0.185. The number of nitrogens with one attached hydrogen (secondary N) is 1. The average Bonchev–Trinajstić information content (AvgIpc) is 3.29. The van der Waals surface area contributed by atoms with Crippen molar-refractivity contribution in [2.45, 2.75) is 31.3 Å². The van der Waals surface area contributed by atoms with Crippen molar-refractivity contribution in [2.24, 2.45) is 5.10 Å². The maximum Gasteiger partial charge on any atom is 0.250 e. The SMILES string of the molecule is CC(C)(C)c1ccc(-c2nnc(SCC(=O)N/N=C/c3cc(I)cc(I)c3O)n2-c2ccccc2)cc1. The Labute approximate surface area is 247 Å². The molecule has 1 heterocycles. The van der Waals surface area contributed by atoms with Gasteiger partial charge < -0.3 is 5.11 Å². The highest BCUT2D eigenvalue weighted by Crippen LogP contribution is 2.30. The summed E-state index contributed by atoms with van der Waals surface area (Å²) >= 11 is 5.50. The third kappa shape index (κ3) is 6.90. The first kappa shape index (κ1) is 27.6. The van der Waals surface area contributed by atoms with Gasteiger partial charge in [0.2, 0.25) is 0 Å². The zero-order valence-electron chi connectivity index (χ0n) is 20.4. The molecule has 1 aromatic heterocycles. The maximum atomic E-state index is 12.5. The Kier molecular flexibility index (Phi) is 8.90. The number of carbonyl (C=O) groups excluding carboxylic acids is 1. The van der Waals surface area contributed by atoms with Gasteiger partial charge in [0.15, 0.2) is 11.0 Å². The van der Waals surface area contributed by atoms with Crippen molar-refractivity contribution in [3.05, 3.63) is 85.0 Å². The number of rotatable bonds is 7. The van der Waals surface area contributed by atoms with Crippen molar-refractivity contribution in [3.8, 4) is 22.8 Å². The molecule has 0 aliphatic rings. The molecule has 0 aliphatic heterocycles. The van der Waals surface area contributed by atoms with Crippen molar-refractivity contribution in [3.63, 3.8) is 0 Å². The number of phenols is 1. The lowest BCUT2D eigenvalue weighted by atomic mass is 9.87. The molecule has 190 valence electrons. The Morgan fingerprint density at radius 2 is 1.78 bits per heavy atom. The van der Waals surface area contributed by atoms with Gasteiger partial charge >= 0.3 is 0 Å². The normalized spacial score (nSPS) is 11.7. The van der Waals surface area contributed by atoms with Crippen LogP contribution in [-0.4, -0.2) is 37.7 Å². The van der Waals surface area contributed by atoms with Crippen LogP contribution in [-0.2, 0) is 10.2 Å². The molecule has 0 aliphatic carbocycles. The van der Waals surface area contributed by atoms with Crippen molar-refractivity contribution in [2.75, 3.05) is 5.75 Å². The molecule has 7 nitrogen and oxygen atoms in total.